The van der Waals surface area contributed by atoms with E-state index in [1.54, 1.807) is 36.4 Å². The van der Waals surface area contributed by atoms with E-state index in [9.17, 15) is 9.59 Å². The third-order valence-electron chi connectivity index (χ3n) is 2.53. The van der Waals surface area contributed by atoms with Crippen LogP contribution in [-0.4, -0.2) is 11.8 Å². The molecule has 2 aromatic carbocycles. The number of rotatable bonds is 3. The van der Waals surface area contributed by atoms with Gasteiger partial charge in [-0.3, -0.25) is 9.59 Å². The molecule has 0 atom stereocenters. The van der Waals surface area contributed by atoms with E-state index in [4.69, 9.17) is 17.3 Å². The Labute approximate surface area is 115 Å². The van der Waals surface area contributed by atoms with Gasteiger partial charge in [-0.15, -0.1) is 0 Å². The summed E-state index contributed by atoms with van der Waals surface area (Å²) in [5, 5.41) is 3.32. The lowest BCUT2D eigenvalue weighted by molar-refractivity contribution is 0.0995. The number of carbonyl (C=O) groups is 2. The van der Waals surface area contributed by atoms with Gasteiger partial charge in [0.15, 0.2) is 0 Å². The van der Waals surface area contributed by atoms with Crippen molar-refractivity contribution in [1.82, 2.24) is 0 Å². The summed E-state index contributed by atoms with van der Waals surface area (Å²) in [5.74, 6) is -0.789. The van der Waals surface area contributed by atoms with Crippen molar-refractivity contribution in [3.8, 4) is 0 Å². The van der Waals surface area contributed by atoms with Gasteiger partial charge in [-0.05, 0) is 48.5 Å². The molecular formula is C14H11ClN2O2. The van der Waals surface area contributed by atoms with Crippen LogP contribution >= 0.6 is 11.6 Å². The van der Waals surface area contributed by atoms with E-state index in [0.717, 1.165) is 0 Å². The van der Waals surface area contributed by atoms with E-state index < -0.39 is 5.91 Å². The first-order valence-corrected chi connectivity index (χ1v) is 5.91. The molecule has 2 aromatic rings. The molecule has 3 N–H and O–H groups in total. The maximum Gasteiger partial charge on any atom is 0.255 e. The summed E-state index contributed by atoms with van der Waals surface area (Å²) in [6, 6.07) is 12.9. The number of carbonyl (C=O) groups excluding carboxylic acids is 2. The number of hydrogen-bond donors (Lipinski definition) is 2. The van der Waals surface area contributed by atoms with Gasteiger partial charge in [0.05, 0.1) is 0 Å². The van der Waals surface area contributed by atoms with Crippen LogP contribution in [0.5, 0.6) is 0 Å². The summed E-state index contributed by atoms with van der Waals surface area (Å²) in [6.07, 6.45) is 0. The molecule has 0 unspecified atom stereocenters. The van der Waals surface area contributed by atoms with Crippen LogP contribution in [0.15, 0.2) is 48.5 Å². The van der Waals surface area contributed by atoms with E-state index >= 15 is 0 Å². The van der Waals surface area contributed by atoms with Crippen LogP contribution in [-0.2, 0) is 0 Å². The summed E-state index contributed by atoms with van der Waals surface area (Å²) in [6.45, 7) is 0. The summed E-state index contributed by atoms with van der Waals surface area (Å²) >= 11 is 5.76. The molecule has 2 amide bonds. The van der Waals surface area contributed by atoms with Gasteiger partial charge in [0.1, 0.15) is 0 Å². The van der Waals surface area contributed by atoms with Gasteiger partial charge >= 0.3 is 0 Å². The molecule has 0 saturated carbocycles. The second kappa shape index (κ2) is 5.54. The monoisotopic (exact) mass is 274 g/mol. The number of hydrogen-bond acceptors (Lipinski definition) is 2. The standard InChI is InChI=1S/C14H11ClN2O2/c15-11-5-7-12(8-6-11)17-14(19)10-3-1-9(2-4-10)13(16)18/h1-8H,(H2,16,18)(H,17,19). The molecule has 0 bridgehead atoms. The molecule has 2 rings (SSSR count). The van der Waals surface area contributed by atoms with Crippen molar-refractivity contribution in [2.24, 2.45) is 5.73 Å². The normalized spacial score (nSPS) is 9.95. The molecule has 96 valence electrons. The van der Waals surface area contributed by atoms with Crippen LogP contribution in [0, 0.1) is 0 Å². The van der Waals surface area contributed by atoms with Crippen LogP contribution < -0.4 is 11.1 Å². The molecule has 0 aliphatic carbocycles. The minimum Gasteiger partial charge on any atom is -0.366 e. The average Bonchev–Trinajstić information content (AvgIpc) is 2.41. The van der Waals surface area contributed by atoms with Gasteiger partial charge in [0.25, 0.3) is 5.91 Å². The first kappa shape index (κ1) is 13.1. The third-order valence-corrected chi connectivity index (χ3v) is 2.79. The molecule has 0 saturated heterocycles. The highest BCUT2D eigenvalue weighted by molar-refractivity contribution is 6.30. The topological polar surface area (TPSA) is 72.2 Å². The Kier molecular flexibility index (Phi) is 3.82. The molecule has 0 aromatic heterocycles. The molecule has 0 heterocycles. The van der Waals surface area contributed by atoms with Crippen molar-refractivity contribution < 1.29 is 9.59 Å². The number of amides is 2. The summed E-state index contributed by atoms with van der Waals surface area (Å²) in [7, 11) is 0. The summed E-state index contributed by atoms with van der Waals surface area (Å²) in [4.78, 5) is 22.8. The lowest BCUT2D eigenvalue weighted by atomic mass is 10.1. The summed E-state index contributed by atoms with van der Waals surface area (Å²) < 4.78 is 0. The van der Waals surface area contributed by atoms with Gasteiger partial charge in [-0.25, -0.2) is 0 Å². The number of nitrogens with two attached hydrogens (primary N) is 1. The minimum atomic E-state index is -0.523. The predicted octanol–water partition coefficient (Wildman–Crippen LogP) is 2.69. The molecule has 4 nitrogen and oxygen atoms in total. The van der Waals surface area contributed by atoms with Crippen LogP contribution in [0.2, 0.25) is 5.02 Å². The number of anilines is 1. The van der Waals surface area contributed by atoms with E-state index in [0.29, 0.717) is 21.8 Å². The number of nitrogens with one attached hydrogen (secondary N) is 1. The zero-order chi connectivity index (χ0) is 13.8. The molecule has 0 aliphatic rings. The Bertz CT molecular complexity index is 606. The van der Waals surface area contributed by atoms with Crippen molar-refractivity contribution in [3.63, 3.8) is 0 Å². The molecule has 19 heavy (non-hydrogen) atoms. The zero-order valence-corrected chi connectivity index (χ0v) is 10.6. The van der Waals surface area contributed by atoms with Crippen LogP contribution in [0.4, 0.5) is 5.69 Å². The molecule has 0 radical (unpaired) electrons. The average molecular weight is 275 g/mol. The lowest BCUT2D eigenvalue weighted by Gasteiger charge is -2.05. The summed E-state index contributed by atoms with van der Waals surface area (Å²) in [5.41, 5.74) is 6.58. The second-order valence-electron chi connectivity index (χ2n) is 3.90. The minimum absolute atomic E-state index is 0.265. The fraction of sp³-hybridized carbons (Fsp3) is 0. The molecule has 0 aliphatic heterocycles. The predicted molar refractivity (Wildman–Crippen MR) is 74.4 cm³/mol. The first-order chi connectivity index (χ1) is 9.06. The van der Waals surface area contributed by atoms with Crippen LogP contribution in [0.25, 0.3) is 0 Å². The SMILES string of the molecule is NC(=O)c1ccc(C(=O)Nc2ccc(Cl)cc2)cc1. The number of halogens is 1. The van der Waals surface area contributed by atoms with E-state index in [1.807, 2.05) is 0 Å². The van der Waals surface area contributed by atoms with E-state index in [-0.39, 0.29) is 5.91 Å². The van der Waals surface area contributed by atoms with E-state index in [2.05, 4.69) is 5.32 Å². The van der Waals surface area contributed by atoms with Gasteiger partial charge in [-0.1, -0.05) is 11.6 Å². The van der Waals surface area contributed by atoms with Crippen molar-refractivity contribution in [1.29, 1.82) is 0 Å². The maximum absolute atomic E-state index is 11.9. The Hall–Kier alpha value is -2.33. The Morgan fingerprint density at radius 2 is 1.42 bits per heavy atom. The Morgan fingerprint density at radius 1 is 0.895 bits per heavy atom. The fourth-order valence-electron chi connectivity index (χ4n) is 1.52. The number of primary amides is 1. The molecule has 0 spiro atoms. The largest absolute Gasteiger partial charge is 0.366 e. The van der Waals surface area contributed by atoms with Gasteiger partial charge < -0.3 is 11.1 Å². The zero-order valence-electron chi connectivity index (χ0n) is 9.89. The second-order valence-corrected chi connectivity index (χ2v) is 4.34. The molecular weight excluding hydrogens is 264 g/mol. The number of benzene rings is 2. The van der Waals surface area contributed by atoms with Crippen LogP contribution in [0.3, 0.4) is 0 Å². The highest BCUT2D eigenvalue weighted by Crippen LogP contribution is 2.14. The third kappa shape index (κ3) is 3.33. The Morgan fingerprint density at radius 3 is 1.95 bits per heavy atom. The molecule has 0 fully saturated rings. The highest BCUT2D eigenvalue weighted by atomic mass is 35.5. The first-order valence-electron chi connectivity index (χ1n) is 5.53. The molecule has 5 heteroatoms. The quantitative estimate of drug-likeness (QED) is 0.903. The smallest absolute Gasteiger partial charge is 0.255 e. The van der Waals surface area contributed by atoms with Gasteiger partial charge in [-0.2, -0.15) is 0 Å². The fourth-order valence-corrected chi connectivity index (χ4v) is 1.65. The Balaban J connectivity index is 2.11. The maximum atomic E-state index is 11.9. The van der Waals surface area contributed by atoms with Crippen molar-refractivity contribution in [2.45, 2.75) is 0 Å². The van der Waals surface area contributed by atoms with Crippen LogP contribution in [0.1, 0.15) is 20.7 Å². The van der Waals surface area contributed by atoms with Gasteiger partial charge in [0.2, 0.25) is 5.91 Å². The highest BCUT2D eigenvalue weighted by Gasteiger charge is 2.07. The van der Waals surface area contributed by atoms with Crippen molar-refractivity contribution in [2.75, 3.05) is 5.32 Å². The van der Waals surface area contributed by atoms with Crippen molar-refractivity contribution >= 4 is 29.1 Å². The van der Waals surface area contributed by atoms with Crippen molar-refractivity contribution in [3.05, 3.63) is 64.7 Å². The van der Waals surface area contributed by atoms with E-state index in [1.165, 1.54) is 12.1 Å². The van der Waals surface area contributed by atoms with Gasteiger partial charge in [0, 0.05) is 21.8 Å². The lowest BCUT2D eigenvalue weighted by Crippen LogP contribution is -2.14.